The van der Waals surface area contributed by atoms with Crippen molar-refractivity contribution < 1.29 is 52.9 Å². The van der Waals surface area contributed by atoms with Crippen molar-refractivity contribution in [2.45, 2.75) is 201 Å². The largest absolute Gasteiger partial charge is 0.391 e. The summed E-state index contributed by atoms with van der Waals surface area (Å²) in [6.07, 6.45) is 12.6. The maximum Gasteiger partial charge on any atom is 0.223 e. The Morgan fingerprint density at radius 3 is 1.59 bits per heavy atom. The molecule has 5 atom stereocenters. The molecule has 2 unspecified atom stereocenters. The van der Waals surface area contributed by atoms with Gasteiger partial charge in [0.2, 0.25) is 29.5 Å². The van der Waals surface area contributed by atoms with Gasteiger partial charge < -0.3 is 44.2 Å². The smallest absolute Gasteiger partial charge is 0.223 e. The van der Waals surface area contributed by atoms with Crippen molar-refractivity contribution >= 4 is 41.1 Å². The van der Waals surface area contributed by atoms with Crippen LogP contribution in [0.2, 0.25) is 0 Å². The number of ether oxygens (including phenoxy) is 3. The molecule has 0 saturated carbocycles. The van der Waals surface area contributed by atoms with E-state index in [1.54, 1.807) is 40.5 Å². The zero-order chi connectivity index (χ0) is 51.7. The standard InChI is InChI=1S/C17H27N3O5.C17H28N2O3.C9H17N3O2.C4H10O.C3H8/c1-3-15(23)19-8-4-5-12(19)17(25)13-9-11(21)10-20(13)16(24)7-6-14(22)18-2;1-3-5-10-16(21)19-12-7-9-14(19)17(22)13-8-6-11-18(13)15(20)4-2;1-3-5-14-8-9-7-12(11-10-9)4-6-13-2;1-3-4-5-2;1-3-2/h11-13,21H,3-10H2,1-2H3,(H,18,22);13-14H,3-12H2,1-2H3;7H,3-6,8H2,1-2H3;3-4H2,1-2H3;3H2,1-2H3/t11-,12-,13?;13-,14?;;;/m00.../s1. The van der Waals surface area contributed by atoms with E-state index in [0.29, 0.717) is 58.5 Å². The fraction of sp³-hybridized carbons (Fsp3) is 0.820. The van der Waals surface area contributed by atoms with E-state index >= 15 is 0 Å². The number of aromatic nitrogens is 3. The molecule has 1 aromatic rings. The molecule has 0 aromatic carbocycles. The normalized spacial score (nSPS) is 20.4. The Morgan fingerprint density at radius 1 is 0.652 bits per heavy atom. The average molecular weight is 979 g/mol. The van der Waals surface area contributed by atoms with Crippen LogP contribution in [0.25, 0.3) is 0 Å². The number of hydrogen-bond acceptors (Lipinski definition) is 13. The Hall–Kier alpha value is -4.33. The summed E-state index contributed by atoms with van der Waals surface area (Å²) in [6, 6.07) is -1.85. The number of aliphatic hydroxyl groups excluding tert-OH is 1. The number of rotatable bonds is 21. The van der Waals surface area contributed by atoms with E-state index in [9.17, 15) is 38.7 Å². The number of hydrogen-bond donors (Lipinski definition) is 2. The molecular weight excluding hydrogens is 889 g/mol. The topological polar surface area (TPSA) is 223 Å². The number of ketones is 2. The van der Waals surface area contributed by atoms with Crippen LogP contribution in [0.3, 0.4) is 0 Å². The lowest BCUT2D eigenvalue weighted by Gasteiger charge is -2.30. The van der Waals surface area contributed by atoms with Gasteiger partial charge in [-0.05, 0) is 57.8 Å². The molecule has 5 amide bonds. The summed E-state index contributed by atoms with van der Waals surface area (Å²) in [6.45, 7) is 19.7. The molecule has 0 aliphatic carbocycles. The first-order valence-electron chi connectivity index (χ1n) is 25.8. The van der Waals surface area contributed by atoms with Crippen LogP contribution in [-0.4, -0.2) is 178 Å². The number of amides is 5. The number of Topliss-reactive ketones (excluding diaryl/α,β-unsaturated/α-hetero) is 2. The fourth-order valence-corrected chi connectivity index (χ4v) is 8.48. The molecule has 69 heavy (non-hydrogen) atoms. The van der Waals surface area contributed by atoms with Gasteiger partial charge in [-0.2, -0.15) is 0 Å². The Labute approximate surface area is 413 Å². The lowest BCUT2D eigenvalue weighted by atomic mass is 10.00. The minimum absolute atomic E-state index is 0.00154. The third-order valence-electron chi connectivity index (χ3n) is 11.9. The summed E-state index contributed by atoms with van der Waals surface area (Å²) in [4.78, 5) is 92.4. The van der Waals surface area contributed by atoms with Crippen molar-refractivity contribution in [3.8, 4) is 0 Å². The highest BCUT2D eigenvalue weighted by molar-refractivity contribution is 5.97. The number of nitrogens with one attached hydrogen (secondary N) is 1. The highest BCUT2D eigenvalue weighted by Crippen LogP contribution is 2.29. The molecule has 0 radical (unpaired) electrons. The number of nitrogens with zero attached hydrogens (tertiary/aromatic N) is 7. The van der Waals surface area contributed by atoms with Crippen molar-refractivity contribution in [3.05, 3.63) is 11.9 Å². The van der Waals surface area contributed by atoms with E-state index in [4.69, 9.17) is 14.2 Å². The third kappa shape index (κ3) is 22.1. The van der Waals surface area contributed by atoms with Crippen molar-refractivity contribution in [2.75, 3.05) is 67.3 Å². The van der Waals surface area contributed by atoms with Gasteiger partial charge in [0.1, 0.15) is 5.69 Å². The minimum Gasteiger partial charge on any atom is -0.391 e. The number of methoxy groups -OCH3 is 2. The van der Waals surface area contributed by atoms with Gasteiger partial charge >= 0.3 is 0 Å². The molecule has 19 nitrogen and oxygen atoms in total. The summed E-state index contributed by atoms with van der Waals surface area (Å²) < 4.78 is 16.7. The Kier molecular flexibility index (Phi) is 33.2. The number of likely N-dealkylation sites (tertiary alicyclic amines) is 4. The van der Waals surface area contributed by atoms with Gasteiger partial charge in [0.25, 0.3) is 0 Å². The quantitative estimate of drug-likeness (QED) is 0.157. The van der Waals surface area contributed by atoms with Crippen LogP contribution in [-0.2, 0) is 60.9 Å². The number of carbonyl (C=O) groups is 7. The molecule has 19 heteroatoms. The molecule has 0 spiro atoms. The van der Waals surface area contributed by atoms with Crippen molar-refractivity contribution in [1.82, 2.24) is 39.9 Å². The zero-order valence-corrected chi connectivity index (χ0v) is 44.0. The lowest BCUT2D eigenvalue weighted by Crippen LogP contribution is -2.49. The number of β-amino-alcohol motifs (C(OH)–C–C–N with tert-alkyl or cyclic N) is 1. The molecule has 5 rings (SSSR count). The summed E-state index contributed by atoms with van der Waals surface area (Å²) in [5.41, 5.74) is 0.870. The molecule has 0 bridgehead atoms. The summed E-state index contributed by atoms with van der Waals surface area (Å²) in [7, 11) is 4.88. The lowest BCUT2D eigenvalue weighted by molar-refractivity contribution is -0.143. The van der Waals surface area contributed by atoms with E-state index < -0.39 is 18.2 Å². The van der Waals surface area contributed by atoms with Crippen LogP contribution >= 0.6 is 0 Å². The molecular formula is C50H90N8O11. The predicted molar refractivity (Wildman–Crippen MR) is 264 cm³/mol. The molecule has 5 heterocycles. The minimum atomic E-state index is -0.755. The molecule has 2 N–H and O–H groups in total. The number of unbranched alkanes of at least 4 members (excludes halogenated alkanes) is 1. The Bertz CT molecular complexity index is 1660. The fourth-order valence-electron chi connectivity index (χ4n) is 8.48. The number of aliphatic hydroxyl groups is 1. The van der Waals surface area contributed by atoms with Gasteiger partial charge in [0.15, 0.2) is 11.6 Å². The second-order valence-electron chi connectivity index (χ2n) is 17.7. The van der Waals surface area contributed by atoms with Crippen LogP contribution in [0.1, 0.15) is 163 Å². The summed E-state index contributed by atoms with van der Waals surface area (Å²) in [5, 5.41) is 20.3. The monoisotopic (exact) mass is 979 g/mol. The molecule has 1 aromatic heterocycles. The number of carbonyl (C=O) groups excluding carboxylic acids is 7. The molecule has 4 aliphatic rings. The van der Waals surface area contributed by atoms with Crippen molar-refractivity contribution in [1.29, 1.82) is 0 Å². The molecule has 396 valence electrons. The van der Waals surface area contributed by atoms with E-state index in [2.05, 4.69) is 50.2 Å². The van der Waals surface area contributed by atoms with Crippen LogP contribution in [0.4, 0.5) is 0 Å². The van der Waals surface area contributed by atoms with E-state index in [1.165, 1.54) is 18.4 Å². The van der Waals surface area contributed by atoms with Gasteiger partial charge in [-0.3, -0.25) is 33.6 Å². The van der Waals surface area contributed by atoms with Crippen LogP contribution in [0.15, 0.2) is 6.20 Å². The predicted octanol–water partition coefficient (Wildman–Crippen LogP) is 4.89. The summed E-state index contributed by atoms with van der Waals surface area (Å²) >= 11 is 0. The van der Waals surface area contributed by atoms with E-state index in [-0.39, 0.29) is 79.0 Å². The highest BCUT2D eigenvalue weighted by Gasteiger charge is 2.45. The van der Waals surface area contributed by atoms with Gasteiger partial charge in [-0.25, -0.2) is 4.68 Å². The molecule has 4 saturated heterocycles. The van der Waals surface area contributed by atoms with Crippen LogP contribution in [0.5, 0.6) is 0 Å². The van der Waals surface area contributed by atoms with Crippen LogP contribution < -0.4 is 5.32 Å². The first kappa shape index (κ1) is 62.7. The maximum atomic E-state index is 13.0. The van der Waals surface area contributed by atoms with Gasteiger partial charge in [-0.15, -0.1) is 5.10 Å². The first-order valence-corrected chi connectivity index (χ1v) is 25.8. The maximum absolute atomic E-state index is 13.0. The van der Waals surface area contributed by atoms with Crippen LogP contribution in [0, 0.1) is 0 Å². The Balaban J connectivity index is 0.000000493. The zero-order valence-electron chi connectivity index (χ0n) is 44.0. The average Bonchev–Trinajstić information content (AvgIpc) is 4.23. The van der Waals surface area contributed by atoms with Gasteiger partial charge in [0.05, 0.1) is 56.2 Å². The third-order valence-corrected chi connectivity index (χ3v) is 11.9. The highest BCUT2D eigenvalue weighted by atomic mass is 16.5. The molecule has 4 aliphatic heterocycles. The second kappa shape index (κ2) is 36.6. The first-order chi connectivity index (χ1) is 33.2. The van der Waals surface area contributed by atoms with Gasteiger partial charge in [0, 0.05) is 99.2 Å². The second-order valence-corrected chi connectivity index (χ2v) is 17.7. The van der Waals surface area contributed by atoms with E-state index in [1.807, 2.05) is 13.1 Å². The van der Waals surface area contributed by atoms with E-state index in [0.717, 1.165) is 83.2 Å². The Morgan fingerprint density at radius 2 is 1.14 bits per heavy atom. The van der Waals surface area contributed by atoms with Crippen molar-refractivity contribution in [3.63, 3.8) is 0 Å². The summed E-state index contributed by atoms with van der Waals surface area (Å²) in [5.74, 6) is -0.559. The van der Waals surface area contributed by atoms with Crippen molar-refractivity contribution in [2.24, 2.45) is 0 Å². The molecule has 4 fully saturated rings. The van der Waals surface area contributed by atoms with Gasteiger partial charge in [-0.1, -0.05) is 66.5 Å². The SMILES string of the molecule is CCC.CCC(=O)N1CCC[C@H]1C(=O)C1C[C@H](O)CN1C(=O)CCC(=O)NC.CCCCC(=O)N1CCCC1C(=O)[C@@H]1CCCN1C(=O)CC.CCCOC.CCCOCc1cn(CCOC)nn1.